The predicted octanol–water partition coefficient (Wildman–Crippen LogP) is 1.04. The number of thioether (sulfide) groups is 1. The first kappa shape index (κ1) is 16.5. The van der Waals surface area contributed by atoms with Crippen molar-refractivity contribution in [3.05, 3.63) is 53.1 Å². The third-order valence-corrected chi connectivity index (χ3v) is 4.02. The third-order valence-electron chi connectivity index (χ3n) is 3.23. The highest BCUT2D eigenvalue weighted by Crippen LogP contribution is 2.21. The normalized spacial score (nSPS) is 20.0. The molecule has 2 aromatic rings. The van der Waals surface area contributed by atoms with E-state index in [4.69, 9.17) is 19.9 Å². The fourth-order valence-corrected chi connectivity index (χ4v) is 2.72. The van der Waals surface area contributed by atoms with E-state index in [1.165, 1.54) is 10.8 Å². The molecule has 1 fully saturated rings. The minimum Gasteiger partial charge on any atom is -0.452 e. The van der Waals surface area contributed by atoms with E-state index in [0.29, 0.717) is 0 Å². The Morgan fingerprint density at radius 3 is 2.92 bits per heavy atom. The molecule has 0 spiro atoms. The summed E-state index contributed by atoms with van der Waals surface area (Å²) in [5.41, 5.74) is 5.10. The maximum absolute atomic E-state index is 11.8. The molecule has 2 heterocycles. The molecule has 1 aliphatic rings. The molecular formula is C15H16N3O5S+. The van der Waals surface area contributed by atoms with Crippen LogP contribution in [0, 0.1) is 0 Å². The summed E-state index contributed by atoms with van der Waals surface area (Å²) in [4.78, 5) is 26.8. The van der Waals surface area contributed by atoms with Crippen LogP contribution in [0.15, 0.2) is 52.3 Å². The van der Waals surface area contributed by atoms with Crippen molar-refractivity contribution in [2.24, 2.45) is 0 Å². The van der Waals surface area contributed by atoms with Gasteiger partial charge in [0.05, 0.1) is 0 Å². The van der Waals surface area contributed by atoms with Crippen molar-refractivity contribution in [1.29, 1.82) is 0 Å². The number of aromatic amines is 1. The van der Waals surface area contributed by atoms with Crippen LogP contribution >= 0.6 is 11.8 Å². The van der Waals surface area contributed by atoms with Crippen molar-refractivity contribution < 1.29 is 23.6 Å². The van der Waals surface area contributed by atoms with Crippen LogP contribution in [0.4, 0.5) is 10.6 Å². The van der Waals surface area contributed by atoms with Gasteiger partial charge in [0.2, 0.25) is 6.23 Å². The van der Waals surface area contributed by atoms with Gasteiger partial charge in [-0.1, -0.05) is 18.2 Å². The van der Waals surface area contributed by atoms with E-state index in [-0.39, 0.29) is 19.0 Å². The first-order valence-corrected chi connectivity index (χ1v) is 8.00. The van der Waals surface area contributed by atoms with Gasteiger partial charge in [-0.05, 0) is 23.9 Å². The van der Waals surface area contributed by atoms with Gasteiger partial charge < -0.3 is 19.9 Å². The number of carbonyl (C=O) groups is 1. The van der Waals surface area contributed by atoms with E-state index in [1.807, 2.05) is 30.3 Å². The molecule has 1 saturated heterocycles. The predicted molar refractivity (Wildman–Crippen MR) is 85.2 cm³/mol. The van der Waals surface area contributed by atoms with Crippen molar-refractivity contribution in [1.82, 2.24) is 4.98 Å². The monoisotopic (exact) mass is 350 g/mol. The first-order valence-electron chi connectivity index (χ1n) is 7.18. The van der Waals surface area contributed by atoms with E-state index in [1.54, 1.807) is 6.07 Å². The molecule has 2 atom stereocenters. The molecule has 8 nitrogen and oxygen atoms in total. The standard InChI is InChI=1S/C15H15N3O5S/c16-11-6-7-18(14(19)17-11)12-8-21-13(23-12)9-22-15(20)24-10-4-2-1-3-5-10/h1-7,12-13H,8-9H2,(H2,16,17,19)/p+1. The van der Waals surface area contributed by atoms with Gasteiger partial charge in [-0.25, -0.2) is 4.79 Å². The van der Waals surface area contributed by atoms with Crippen molar-refractivity contribution in [3.63, 3.8) is 0 Å². The zero-order valence-electron chi connectivity index (χ0n) is 12.6. The van der Waals surface area contributed by atoms with E-state index in [2.05, 4.69) is 4.98 Å². The van der Waals surface area contributed by atoms with Gasteiger partial charge >= 0.3 is 11.0 Å². The lowest BCUT2D eigenvalue weighted by Gasteiger charge is -2.10. The fraction of sp³-hybridized carbons (Fsp3) is 0.267. The Morgan fingerprint density at radius 2 is 2.17 bits per heavy atom. The van der Waals surface area contributed by atoms with Crippen LogP contribution in [-0.4, -0.2) is 29.8 Å². The van der Waals surface area contributed by atoms with E-state index >= 15 is 0 Å². The highest BCUT2D eigenvalue weighted by atomic mass is 32.2. The quantitative estimate of drug-likeness (QED) is 0.482. The number of nitrogens with zero attached hydrogens (tertiary/aromatic N) is 1. The van der Waals surface area contributed by atoms with Crippen LogP contribution in [0.3, 0.4) is 0 Å². The maximum atomic E-state index is 11.8. The largest absolute Gasteiger partial charge is 0.499 e. The molecule has 0 bridgehead atoms. The van der Waals surface area contributed by atoms with E-state index in [0.717, 1.165) is 16.7 Å². The SMILES string of the molecule is Nc1cc[n+](C2COC(COC(=O)Sc3ccccc3)O2)c(=O)[nH]1. The number of carbonyl (C=O) groups excluding carboxylic acids is 1. The molecule has 1 aromatic carbocycles. The summed E-state index contributed by atoms with van der Waals surface area (Å²) < 4.78 is 17.4. The number of rotatable bonds is 4. The second-order valence-electron chi connectivity index (χ2n) is 4.94. The molecule has 0 amide bonds. The molecule has 0 radical (unpaired) electrons. The van der Waals surface area contributed by atoms with E-state index in [9.17, 15) is 9.59 Å². The van der Waals surface area contributed by atoms with Crippen LogP contribution in [-0.2, 0) is 14.2 Å². The molecule has 24 heavy (non-hydrogen) atoms. The number of hydrogen-bond acceptors (Lipinski definition) is 7. The number of nitrogen functional groups attached to an aromatic ring is 1. The lowest BCUT2D eigenvalue weighted by Crippen LogP contribution is -2.55. The van der Waals surface area contributed by atoms with Gasteiger partial charge in [0.15, 0.2) is 12.1 Å². The van der Waals surface area contributed by atoms with Crippen molar-refractivity contribution in [3.8, 4) is 0 Å². The maximum Gasteiger partial charge on any atom is 0.499 e. The fourth-order valence-electron chi connectivity index (χ4n) is 2.11. The molecule has 0 saturated carbocycles. The van der Waals surface area contributed by atoms with Gasteiger partial charge in [-0.2, -0.15) is 14.3 Å². The Hall–Kier alpha value is -2.36. The molecule has 1 aromatic heterocycles. The average Bonchev–Trinajstić information content (AvgIpc) is 3.02. The molecule has 0 aliphatic carbocycles. The molecule has 126 valence electrons. The Labute approximate surface area is 141 Å². The highest BCUT2D eigenvalue weighted by molar-refractivity contribution is 8.13. The van der Waals surface area contributed by atoms with Crippen LogP contribution in [0.1, 0.15) is 6.23 Å². The number of ether oxygens (including phenoxy) is 3. The molecule has 3 N–H and O–H groups in total. The molecule has 3 rings (SSSR count). The Kier molecular flexibility index (Phi) is 5.14. The molecule has 9 heteroatoms. The number of anilines is 1. The van der Waals surface area contributed by atoms with Crippen LogP contribution in [0.2, 0.25) is 0 Å². The van der Waals surface area contributed by atoms with Crippen molar-refractivity contribution in [2.45, 2.75) is 17.4 Å². The molecular weight excluding hydrogens is 334 g/mol. The summed E-state index contributed by atoms with van der Waals surface area (Å²) in [6, 6.07) is 10.7. The second-order valence-corrected chi connectivity index (χ2v) is 5.95. The van der Waals surface area contributed by atoms with Crippen LogP contribution in [0.25, 0.3) is 0 Å². The number of aromatic nitrogens is 2. The van der Waals surface area contributed by atoms with Gasteiger partial charge in [0, 0.05) is 11.0 Å². The number of benzene rings is 1. The van der Waals surface area contributed by atoms with E-state index < -0.39 is 23.5 Å². The van der Waals surface area contributed by atoms with Crippen molar-refractivity contribution in [2.75, 3.05) is 18.9 Å². The molecule has 2 unspecified atom stereocenters. The van der Waals surface area contributed by atoms with Crippen LogP contribution < -0.4 is 16.0 Å². The lowest BCUT2D eigenvalue weighted by atomic mass is 10.4. The van der Waals surface area contributed by atoms with Gasteiger partial charge in [0.1, 0.15) is 19.4 Å². The third kappa shape index (κ3) is 4.13. The zero-order valence-corrected chi connectivity index (χ0v) is 13.4. The zero-order chi connectivity index (χ0) is 16.9. The summed E-state index contributed by atoms with van der Waals surface area (Å²) in [5.74, 6) is 0.263. The van der Waals surface area contributed by atoms with Gasteiger partial charge in [-0.15, -0.1) is 0 Å². The summed E-state index contributed by atoms with van der Waals surface area (Å²) in [6.07, 6.45) is 0.196. The Bertz CT molecular complexity index is 767. The minimum absolute atomic E-state index is 0.0530. The number of hydrogen-bond donors (Lipinski definition) is 2. The summed E-state index contributed by atoms with van der Waals surface area (Å²) in [7, 11) is 0. The topological polar surface area (TPSA) is 108 Å². The summed E-state index contributed by atoms with van der Waals surface area (Å²) in [5, 5.41) is -0.449. The lowest BCUT2D eigenvalue weighted by molar-refractivity contribution is -0.771. The highest BCUT2D eigenvalue weighted by Gasteiger charge is 2.32. The number of nitrogens with one attached hydrogen (secondary N) is 1. The van der Waals surface area contributed by atoms with Crippen molar-refractivity contribution >= 4 is 22.9 Å². The Morgan fingerprint density at radius 1 is 1.38 bits per heavy atom. The first-order chi connectivity index (χ1) is 11.6. The summed E-state index contributed by atoms with van der Waals surface area (Å²) >= 11 is 0.982. The molecule has 1 aliphatic heterocycles. The summed E-state index contributed by atoms with van der Waals surface area (Å²) in [6.45, 7) is 0.119. The van der Waals surface area contributed by atoms with Gasteiger partial charge in [0.25, 0.3) is 0 Å². The second kappa shape index (κ2) is 7.47. The number of nitrogens with two attached hydrogens (primary N) is 1. The Balaban J connectivity index is 1.49. The minimum atomic E-state index is -0.722. The van der Waals surface area contributed by atoms with Gasteiger partial charge in [-0.3, -0.25) is 0 Å². The average molecular weight is 350 g/mol. The smallest absolute Gasteiger partial charge is 0.452 e. The van der Waals surface area contributed by atoms with Crippen LogP contribution in [0.5, 0.6) is 0 Å². The number of H-pyrrole nitrogens is 1.